The van der Waals surface area contributed by atoms with Crippen molar-refractivity contribution in [3.8, 4) is 0 Å². The van der Waals surface area contributed by atoms with Gasteiger partial charge in [0.2, 0.25) is 5.91 Å². The molecular formula is C11H21N3O3. The number of nitrogens with two attached hydrogens (primary N) is 1. The predicted octanol–water partition coefficient (Wildman–Crippen LogP) is 0.193. The summed E-state index contributed by atoms with van der Waals surface area (Å²) in [5.41, 5.74) is 1.64. The Morgan fingerprint density at radius 3 is 2.24 bits per heavy atom. The van der Waals surface area contributed by atoms with Gasteiger partial charge < -0.3 is 4.84 Å². The minimum absolute atomic E-state index is 0.0791. The molecule has 0 bridgehead atoms. The fraction of sp³-hybridized carbons (Fsp3) is 0.818. The van der Waals surface area contributed by atoms with E-state index < -0.39 is 5.41 Å². The average molecular weight is 243 g/mol. The number of rotatable bonds is 2. The zero-order valence-corrected chi connectivity index (χ0v) is 10.7. The van der Waals surface area contributed by atoms with E-state index >= 15 is 0 Å². The van der Waals surface area contributed by atoms with Gasteiger partial charge in [-0.1, -0.05) is 0 Å². The molecule has 0 radical (unpaired) electrons. The monoisotopic (exact) mass is 243 g/mol. The van der Waals surface area contributed by atoms with Gasteiger partial charge in [0.05, 0.1) is 5.41 Å². The minimum atomic E-state index is -0.508. The van der Waals surface area contributed by atoms with E-state index in [9.17, 15) is 9.59 Å². The van der Waals surface area contributed by atoms with Gasteiger partial charge in [-0.15, -0.1) is 5.06 Å². The molecule has 1 rings (SSSR count). The van der Waals surface area contributed by atoms with Crippen LogP contribution in [0, 0.1) is 11.3 Å². The topological polar surface area (TPSA) is 84.7 Å². The molecule has 0 unspecified atom stereocenters. The Balaban J connectivity index is 2.38. The second-order valence-electron chi connectivity index (χ2n) is 5.34. The van der Waals surface area contributed by atoms with Crippen LogP contribution in [-0.2, 0) is 14.4 Å². The van der Waals surface area contributed by atoms with Gasteiger partial charge in [0.25, 0.3) is 0 Å². The molecular weight excluding hydrogens is 222 g/mol. The van der Waals surface area contributed by atoms with Gasteiger partial charge >= 0.3 is 5.97 Å². The van der Waals surface area contributed by atoms with Gasteiger partial charge in [-0.05, 0) is 33.6 Å². The van der Waals surface area contributed by atoms with Crippen LogP contribution in [0.25, 0.3) is 0 Å². The smallest absolute Gasteiger partial charge is 0.330 e. The molecule has 98 valence electrons. The van der Waals surface area contributed by atoms with Crippen molar-refractivity contribution in [3.05, 3.63) is 0 Å². The van der Waals surface area contributed by atoms with Crippen molar-refractivity contribution in [3.63, 3.8) is 0 Å². The molecule has 6 nitrogen and oxygen atoms in total. The molecule has 1 aliphatic heterocycles. The van der Waals surface area contributed by atoms with Gasteiger partial charge in [-0.3, -0.25) is 10.2 Å². The second kappa shape index (κ2) is 5.46. The summed E-state index contributed by atoms with van der Waals surface area (Å²) < 4.78 is 0. The van der Waals surface area contributed by atoms with Crippen molar-refractivity contribution in [2.24, 2.45) is 17.2 Å². The molecule has 0 saturated carbocycles. The third-order valence-corrected chi connectivity index (χ3v) is 2.79. The molecule has 0 aromatic rings. The molecule has 1 heterocycles. The standard InChI is InChI=1S/C11H21N3O3/c1-11(2,3)10(16)17-14-6-4-8(5-7-14)9(15)13-12/h8H,4-7,12H2,1-3H3,(H,13,15). The summed E-state index contributed by atoms with van der Waals surface area (Å²) in [6.07, 6.45) is 1.31. The van der Waals surface area contributed by atoms with E-state index in [2.05, 4.69) is 5.43 Å². The summed E-state index contributed by atoms with van der Waals surface area (Å²) in [5.74, 6) is 4.60. The third-order valence-electron chi connectivity index (χ3n) is 2.79. The van der Waals surface area contributed by atoms with Crippen molar-refractivity contribution in [2.45, 2.75) is 33.6 Å². The SMILES string of the molecule is CC(C)(C)C(=O)ON1CCC(C(=O)NN)CC1. The summed E-state index contributed by atoms with van der Waals surface area (Å²) in [6.45, 7) is 6.57. The molecule has 0 aromatic heterocycles. The van der Waals surface area contributed by atoms with Crippen LogP contribution >= 0.6 is 0 Å². The maximum Gasteiger partial charge on any atom is 0.330 e. The van der Waals surface area contributed by atoms with E-state index in [-0.39, 0.29) is 17.8 Å². The zero-order chi connectivity index (χ0) is 13.1. The van der Waals surface area contributed by atoms with Crippen molar-refractivity contribution >= 4 is 11.9 Å². The maximum absolute atomic E-state index is 11.6. The third kappa shape index (κ3) is 3.98. The van der Waals surface area contributed by atoms with Crippen LogP contribution in [0.15, 0.2) is 0 Å². The van der Waals surface area contributed by atoms with Gasteiger partial charge in [0.1, 0.15) is 0 Å². The number of hydrazine groups is 1. The summed E-state index contributed by atoms with van der Waals surface area (Å²) in [4.78, 5) is 28.2. The number of amides is 1. The Morgan fingerprint density at radius 1 is 1.29 bits per heavy atom. The van der Waals surface area contributed by atoms with E-state index in [0.29, 0.717) is 25.9 Å². The quantitative estimate of drug-likeness (QED) is 0.411. The first kappa shape index (κ1) is 13.9. The first-order valence-corrected chi connectivity index (χ1v) is 5.82. The Kier molecular flexibility index (Phi) is 4.47. The highest BCUT2D eigenvalue weighted by molar-refractivity contribution is 5.78. The van der Waals surface area contributed by atoms with Gasteiger partial charge in [0, 0.05) is 19.0 Å². The van der Waals surface area contributed by atoms with Crippen LogP contribution in [0.2, 0.25) is 0 Å². The fourth-order valence-corrected chi connectivity index (χ4v) is 1.58. The lowest BCUT2D eigenvalue weighted by atomic mass is 9.97. The summed E-state index contributed by atoms with van der Waals surface area (Å²) in [6, 6.07) is 0. The fourth-order valence-electron chi connectivity index (χ4n) is 1.58. The molecule has 6 heteroatoms. The van der Waals surface area contributed by atoms with Crippen molar-refractivity contribution < 1.29 is 14.4 Å². The van der Waals surface area contributed by atoms with Crippen LogP contribution in [0.5, 0.6) is 0 Å². The molecule has 17 heavy (non-hydrogen) atoms. The van der Waals surface area contributed by atoms with Crippen molar-refractivity contribution in [1.29, 1.82) is 0 Å². The normalized spacial score (nSPS) is 18.8. The lowest BCUT2D eigenvalue weighted by Gasteiger charge is -2.31. The molecule has 1 fully saturated rings. The lowest BCUT2D eigenvalue weighted by molar-refractivity contribution is -0.205. The molecule has 1 amide bonds. The number of nitrogens with one attached hydrogen (secondary N) is 1. The Hall–Kier alpha value is -1.14. The lowest BCUT2D eigenvalue weighted by Crippen LogP contribution is -2.44. The van der Waals surface area contributed by atoms with Gasteiger partial charge in [-0.2, -0.15) is 0 Å². The molecule has 0 spiro atoms. The average Bonchev–Trinajstić information content (AvgIpc) is 2.27. The van der Waals surface area contributed by atoms with E-state index in [1.165, 1.54) is 0 Å². The number of hydrogen-bond acceptors (Lipinski definition) is 5. The van der Waals surface area contributed by atoms with Gasteiger partial charge in [0.15, 0.2) is 0 Å². The first-order valence-electron chi connectivity index (χ1n) is 5.82. The number of carbonyl (C=O) groups excluding carboxylic acids is 2. The summed E-state index contributed by atoms with van der Waals surface area (Å²) >= 11 is 0. The van der Waals surface area contributed by atoms with Crippen LogP contribution in [0.4, 0.5) is 0 Å². The number of hydroxylamine groups is 2. The van der Waals surface area contributed by atoms with Crippen LogP contribution in [0.3, 0.4) is 0 Å². The highest BCUT2D eigenvalue weighted by Gasteiger charge is 2.30. The van der Waals surface area contributed by atoms with E-state index in [1.54, 1.807) is 5.06 Å². The molecule has 0 aliphatic carbocycles. The maximum atomic E-state index is 11.6. The van der Waals surface area contributed by atoms with Crippen molar-refractivity contribution in [1.82, 2.24) is 10.5 Å². The molecule has 3 N–H and O–H groups in total. The number of carbonyl (C=O) groups is 2. The van der Waals surface area contributed by atoms with Crippen LogP contribution in [-0.4, -0.2) is 30.0 Å². The predicted molar refractivity (Wildman–Crippen MR) is 62.2 cm³/mol. The Bertz CT molecular complexity index is 291. The van der Waals surface area contributed by atoms with E-state index in [4.69, 9.17) is 10.7 Å². The zero-order valence-electron chi connectivity index (χ0n) is 10.7. The van der Waals surface area contributed by atoms with Crippen LogP contribution in [0.1, 0.15) is 33.6 Å². The number of hydrogen-bond donors (Lipinski definition) is 2. The largest absolute Gasteiger partial charge is 0.367 e. The molecule has 0 atom stereocenters. The highest BCUT2D eigenvalue weighted by Crippen LogP contribution is 2.21. The number of piperidine rings is 1. The Morgan fingerprint density at radius 2 is 1.82 bits per heavy atom. The van der Waals surface area contributed by atoms with Crippen LogP contribution < -0.4 is 11.3 Å². The Labute approximate surface area is 101 Å². The summed E-state index contributed by atoms with van der Waals surface area (Å²) in [7, 11) is 0. The second-order valence-corrected chi connectivity index (χ2v) is 5.34. The van der Waals surface area contributed by atoms with Crippen molar-refractivity contribution in [2.75, 3.05) is 13.1 Å². The van der Waals surface area contributed by atoms with E-state index in [0.717, 1.165) is 0 Å². The van der Waals surface area contributed by atoms with E-state index in [1.807, 2.05) is 20.8 Å². The summed E-state index contributed by atoms with van der Waals surface area (Å²) in [5, 5.41) is 1.62. The highest BCUT2D eigenvalue weighted by atomic mass is 16.7. The van der Waals surface area contributed by atoms with Gasteiger partial charge in [-0.25, -0.2) is 10.6 Å². The minimum Gasteiger partial charge on any atom is -0.367 e. The molecule has 0 aromatic carbocycles. The molecule has 1 saturated heterocycles. The number of nitrogens with zero attached hydrogens (tertiary/aromatic N) is 1. The molecule has 1 aliphatic rings. The first-order chi connectivity index (χ1) is 7.84.